The number of aliphatic hydroxyl groups is 1. The normalized spacial score (nSPS) is 44.7. The van der Waals surface area contributed by atoms with E-state index >= 15 is 0 Å². The third-order valence-corrected chi connectivity index (χ3v) is 11.9. The van der Waals surface area contributed by atoms with Gasteiger partial charge >= 0.3 is 0 Å². The number of rotatable bonds is 3. The Kier molecular flexibility index (Phi) is 5.72. The van der Waals surface area contributed by atoms with E-state index in [0.717, 1.165) is 60.5 Å². The van der Waals surface area contributed by atoms with E-state index < -0.39 is 0 Å². The second-order valence-electron chi connectivity index (χ2n) is 13.0. The third-order valence-electron chi connectivity index (χ3n) is 11.9. The van der Waals surface area contributed by atoms with E-state index in [0.29, 0.717) is 23.6 Å². The average Bonchev–Trinajstić information content (AvgIpc) is 3.20. The summed E-state index contributed by atoms with van der Waals surface area (Å²) in [6.07, 6.45) is 11.6. The summed E-state index contributed by atoms with van der Waals surface area (Å²) in [7, 11) is 1.74. The molecule has 0 unspecified atom stereocenters. The van der Waals surface area contributed by atoms with Crippen molar-refractivity contribution in [2.75, 3.05) is 13.8 Å². The Morgan fingerprint density at radius 1 is 1.03 bits per heavy atom. The topological polar surface area (TPSA) is 41.9 Å². The van der Waals surface area contributed by atoms with Gasteiger partial charge in [0.05, 0.1) is 13.2 Å². The van der Waals surface area contributed by atoms with Gasteiger partial charge in [-0.15, -0.1) is 0 Å². The Hall–Kier alpha value is -1.26. The highest BCUT2D eigenvalue weighted by atomic mass is 16.5. The number of aliphatic hydroxyl groups excluding tert-OH is 1. The van der Waals surface area contributed by atoms with Crippen molar-refractivity contribution in [3.63, 3.8) is 0 Å². The molecule has 1 aliphatic heterocycles. The molecule has 1 aromatic rings. The van der Waals surface area contributed by atoms with Crippen molar-refractivity contribution in [2.45, 2.75) is 97.2 Å². The van der Waals surface area contributed by atoms with E-state index in [9.17, 15) is 5.11 Å². The predicted octanol–water partition coefficient (Wildman–Crippen LogP) is 6.26. The molecule has 0 aromatic heterocycles. The summed E-state index contributed by atoms with van der Waals surface area (Å²) in [4.78, 5) is 2.58. The maximum absolute atomic E-state index is 10.3. The molecule has 1 N–H and O–H groups in total. The summed E-state index contributed by atoms with van der Waals surface area (Å²) in [5, 5.41) is 10.3. The zero-order valence-corrected chi connectivity index (χ0v) is 21.8. The summed E-state index contributed by atoms with van der Waals surface area (Å²) in [6.45, 7) is 9.39. The van der Waals surface area contributed by atoms with Gasteiger partial charge in [0.25, 0.3) is 0 Å². The lowest BCUT2D eigenvalue weighted by molar-refractivity contribution is -0.131. The molecule has 34 heavy (non-hydrogen) atoms. The van der Waals surface area contributed by atoms with Gasteiger partial charge in [0.15, 0.2) is 0 Å². The van der Waals surface area contributed by atoms with Crippen LogP contribution in [-0.4, -0.2) is 36.0 Å². The first-order valence-corrected chi connectivity index (χ1v) is 14.1. The van der Waals surface area contributed by atoms with Crippen molar-refractivity contribution in [1.82, 2.24) is 4.90 Å². The summed E-state index contributed by atoms with van der Waals surface area (Å²) in [6, 6.07) is 6.74. The number of nitrogens with zero attached hydrogens (tertiary/aromatic N) is 1. The van der Waals surface area contributed by atoms with Crippen molar-refractivity contribution in [1.29, 1.82) is 0 Å². The van der Waals surface area contributed by atoms with E-state index in [1.165, 1.54) is 50.5 Å². The van der Waals surface area contributed by atoms with Gasteiger partial charge in [-0.3, -0.25) is 4.90 Å². The second-order valence-corrected chi connectivity index (χ2v) is 13.0. The molecule has 4 fully saturated rings. The third kappa shape index (κ3) is 3.45. The van der Waals surface area contributed by atoms with E-state index in [4.69, 9.17) is 9.47 Å². The van der Waals surface area contributed by atoms with Crippen molar-refractivity contribution < 1.29 is 14.6 Å². The fraction of sp³-hybridized carbons (Fsp3) is 0.800. The molecule has 4 nitrogen and oxygen atoms in total. The number of hydrogen-bond donors (Lipinski definition) is 1. The Labute approximate surface area is 206 Å². The molecule has 0 saturated heterocycles. The zero-order valence-electron chi connectivity index (χ0n) is 21.8. The number of ether oxygens (including phenoxy) is 2. The van der Waals surface area contributed by atoms with Crippen LogP contribution in [0.3, 0.4) is 0 Å². The highest BCUT2D eigenvalue weighted by molar-refractivity contribution is 5.41. The molecule has 188 valence electrons. The first-order chi connectivity index (χ1) is 16.3. The van der Waals surface area contributed by atoms with Gasteiger partial charge in [0, 0.05) is 18.2 Å². The van der Waals surface area contributed by atoms with Crippen LogP contribution in [0.25, 0.3) is 0 Å². The molecule has 0 amide bonds. The quantitative estimate of drug-likeness (QED) is 0.570. The first-order valence-electron chi connectivity index (χ1n) is 14.1. The number of benzene rings is 1. The van der Waals surface area contributed by atoms with Crippen LogP contribution in [0.15, 0.2) is 18.2 Å². The molecular formula is C30H45NO3. The van der Waals surface area contributed by atoms with E-state index in [1.54, 1.807) is 7.11 Å². The number of fused-ring (bicyclic) bond motifs is 6. The molecule has 6 rings (SSSR count). The smallest absolute Gasteiger partial charge is 0.142 e. The van der Waals surface area contributed by atoms with E-state index in [-0.39, 0.29) is 6.10 Å². The lowest BCUT2D eigenvalue weighted by Gasteiger charge is -2.61. The molecule has 4 heteroatoms. The SMILES string of the molecule is COc1ccc2c(c1)CN([C@@H](C)[C@H]1CC[C@H]3[C@@H]4CC[C@@H]5C[C@@H](O)CC[C@]5(C)[C@H]4CC[C@]13C)CO2. The molecule has 9 atom stereocenters. The Balaban J connectivity index is 1.20. The van der Waals surface area contributed by atoms with Crippen molar-refractivity contribution in [3.05, 3.63) is 23.8 Å². The van der Waals surface area contributed by atoms with Crippen molar-refractivity contribution in [3.8, 4) is 11.5 Å². The minimum absolute atomic E-state index is 0.0444. The minimum atomic E-state index is -0.0444. The molecular weight excluding hydrogens is 422 g/mol. The van der Waals surface area contributed by atoms with Crippen LogP contribution in [0.5, 0.6) is 11.5 Å². The molecule has 0 radical (unpaired) electrons. The maximum Gasteiger partial charge on any atom is 0.142 e. The van der Waals surface area contributed by atoms with Gasteiger partial charge in [-0.1, -0.05) is 13.8 Å². The Morgan fingerprint density at radius 3 is 2.65 bits per heavy atom. The first kappa shape index (κ1) is 23.2. The Morgan fingerprint density at radius 2 is 1.82 bits per heavy atom. The van der Waals surface area contributed by atoms with Crippen molar-refractivity contribution in [2.24, 2.45) is 40.4 Å². The monoisotopic (exact) mass is 467 g/mol. The fourth-order valence-corrected chi connectivity index (χ4v) is 9.95. The van der Waals surface area contributed by atoms with Gasteiger partial charge in [0.1, 0.15) is 18.2 Å². The summed E-state index contributed by atoms with van der Waals surface area (Å²) in [5.74, 6) is 6.08. The highest BCUT2D eigenvalue weighted by Crippen LogP contribution is 2.68. The van der Waals surface area contributed by atoms with Gasteiger partial charge in [-0.2, -0.15) is 0 Å². The van der Waals surface area contributed by atoms with Crippen molar-refractivity contribution >= 4 is 0 Å². The maximum atomic E-state index is 10.3. The lowest BCUT2D eigenvalue weighted by atomic mass is 9.44. The molecule has 1 aromatic carbocycles. The predicted molar refractivity (Wildman–Crippen MR) is 135 cm³/mol. The van der Waals surface area contributed by atoms with E-state index in [2.05, 4.69) is 37.8 Å². The minimum Gasteiger partial charge on any atom is -0.497 e. The molecule has 5 aliphatic rings. The largest absolute Gasteiger partial charge is 0.497 e. The van der Waals surface area contributed by atoms with Crippen LogP contribution < -0.4 is 9.47 Å². The van der Waals surface area contributed by atoms with E-state index in [1.807, 2.05) is 6.07 Å². The van der Waals surface area contributed by atoms with Gasteiger partial charge in [0.2, 0.25) is 0 Å². The molecule has 0 bridgehead atoms. The van der Waals surface area contributed by atoms with Crippen LogP contribution in [0, 0.1) is 40.4 Å². The summed E-state index contributed by atoms with van der Waals surface area (Å²) >= 11 is 0. The average molecular weight is 468 g/mol. The molecule has 4 saturated carbocycles. The standard InChI is InChI=1S/C30H45NO3/c1-19(31-17-20-15-23(33-4)6-10-28(20)34-18-31)25-8-9-26-24-7-5-21-16-22(32)11-13-29(21,2)27(24)12-14-30(25,26)3/h6,10,15,19,21-22,24-27,32H,5,7-9,11-14,16-18H2,1-4H3/t19-,21+,22-,24-,25+,26-,27-,29-,30+/m0/s1. The second kappa shape index (κ2) is 8.40. The highest BCUT2D eigenvalue weighted by Gasteiger charge is 2.61. The van der Waals surface area contributed by atoms with Gasteiger partial charge < -0.3 is 14.6 Å². The number of methoxy groups -OCH3 is 1. The summed E-state index contributed by atoms with van der Waals surface area (Å²) < 4.78 is 11.7. The molecule has 4 aliphatic carbocycles. The van der Waals surface area contributed by atoms with Crippen LogP contribution in [0.2, 0.25) is 0 Å². The Bertz CT molecular complexity index is 918. The van der Waals surface area contributed by atoms with Crippen LogP contribution in [0.1, 0.15) is 84.1 Å². The van der Waals surface area contributed by atoms with Crippen LogP contribution in [-0.2, 0) is 6.54 Å². The molecule has 0 spiro atoms. The fourth-order valence-electron chi connectivity index (χ4n) is 9.95. The zero-order chi connectivity index (χ0) is 23.7. The van der Waals surface area contributed by atoms with Gasteiger partial charge in [-0.25, -0.2) is 0 Å². The van der Waals surface area contributed by atoms with Gasteiger partial charge in [-0.05, 0) is 123 Å². The van der Waals surface area contributed by atoms with Crippen LogP contribution >= 0.6 is 0 Å². The molecule has 1 heterocycles. The number of hydrogen-bond acceptors (Lipinski definition) is 4. The summed E-state index contributed by atoms with van der Waals surface area (Å²) in [5.41, 5.74) is 2.18. The van der Waals surface area contributed by atoms with Crippen LogP contribution in [0.4, 0.5) is 0 Å². The lowest BCUT2D eigenvalue weighted by Crippen LogP contribution is -2.55.